The molecule has 0 bridgehead atoms. The van der Waals surface area contributed by atoms with Crippen LogP contribution in [0.25, 0.3) is 0 Å². The van der Waals surface area contributed by atoms with Crippen LogP contribution in [-0.2, 0) is 4.79 Å². The van der Waals surface area contributed by atoms with Crippen LogP contribution in [0.5, 0.6) is 0 Å². The van der Waals surface area contributed by atoms with Crippen LogP contribution in [0.1, 0.15) is 18.4 Å². The molecule has 1 fully saturated rings. The van der Waals surface area contributed by atoms with Crippen LogP contribution in [0.3, 0.4) is 0 Å². The highest BCUT2D eigenvalue weighted by atomic mass is 19.1. The van der Waals surface area contributed by atoms with E-state index < -0.39 is 12.0 Å². The second-order valence-electron chi connectivity index (χ2n) is 3.97. The first kappa shape index (κ1) is 11.0. The normalized spacial score (nSPS) is 29.2. The summed E-state index contributed by atoms with van der Waals surface area (Å²) in [7, 11) is 0. The summed E-state index contributed by atoms with van der Waals surface area (Å²) in [5.74, 6) is -1.42. The molecule has 1 heterocycles. The van der Waals surface area contributed by atoms with Crippen molar-refractivity contribution in [1.29, 1.82) is 0 Å². The van der Waals surface area contributed by atoms with E-state index in [9.17, 15) is 9.18 Å². The third kappa shape index (κ3) is 1.91. The number of nitrogens with one attached hydrogen (secondary N) is 2. The molecule has 0 aromatic heterocycles. The number of carboxylic acid groups (broad SMARTS) is 1. The average molecular weight is 224 g/mol. The van der Waals surface area contributed by atoms with E-state index in [4.69, 9.17) is 5.11 Å². The highest BCUT2D eigenvalue weighted by molar-refractivity contribution is 5.75. The van der Waals surface area contributed by atoms with Crippen molar-refractivity contribution in [2.24, 2.45) is 0 Å². The number of benzene rings is 1. The maximum absolute atomic E-state index is 12.8. The van der Waals surface area contributed by atoms with Crippen molar-refractivity contribution in [3.05, 3.63) is 35.6 Å². The molecule has 4 nitrogen and oxygen atoms in total. The summed E-state index contributed by atoms with van der Waals surface area (Å²) in [6.07, 6.45) is 0. The third-order valence-electron chi connectivity index (χ3n) is 2.89. The predicted molar refractivity (Wildman–Crippen MR) is 56.3 cm³/mol. The van der Waals surface area contributed by atoms with Crippen molar-refractivity contribution < 1.29 is 14.3 Å². The molecular weight excluding hydrogens is 211 g/mol. The van der Waals surface area contributed by atoms with Gasteiger partial charge in [0.2, 0.25) is 0 Å². The fourth-order valence-corrected chi connectivity index (χ4v) is 2.07. The van der Waals surface area contributed by atoms with Gasteiger partial charge < -0.3 is 5.11 Å². The number of aliphatic carboxylic acids is 1. The lowest BCUT2D eigenvalue weighted by Gasteiger charge is -2.18. The lowest BCUT2D eigenvalue weighted by molar-refractivity contribution is -0.139. The van der Waals surface area contributed by atoms with Crippen molar-refractivity contribution in [2.75, 3.05) is 0 Å². The first-order valence-electron chi connectivity index (χ1n) is 5.09. The zero-order valence-corrected chi connectivity index (χ0v) is 8.77. The van der Waals surface area contributed by atoms with E-state index in [-0.39, 0.29) is 17.8 Å². The quantitative estimate of drug-likeness (QED) is 0.697. The van der Waals surface area contributed by atoms with Crippen LogP contribution in [-0.4, -0.2) is 23.2 Å². The van der Waals surface area contributed by atoms with Gasteiger partial charge in [-0.25, -0.2) is 9.82 Å². The summed E-state index contributed by atoms with van der Waals surface area (Å²) in [4.78, 5) is 11.0. The molecule has 86 valence electrons. The Kier molecular flexibility index (Phi) is 2.89. The monoisotopic (exact) mass is 224 g/mol. The van der Waals surface area contributed by atoms with Crippen LogP contribution in [0, 0.1) is 5.82 Å². The van der Waals surface area contributed by atoms with Crippen molar-refractivity contribution in [3.8, 4) is 0 Å². The summed E-state index contributed by atoms with van der Waals surface area (Å²) < 4.78 is 12.8. The SMILES string of the molecule is CC1NNC(C(=O)O)C1c1ccc(F)cc1. The van der Waals surface area contributed by atoms with Crippen molar-refractivity contribution in [2.45, 2.75) is 24.9 Å². The van der Waals surface area contributed by atoms with Gasteiger partial charge in [0.25, 0.3) is 0 Å². The van der Waals surface area contributed by atoms with E-state index in [1.807, 2.05) is 6.92 Å². The van der Waals surface area contributed by atoms with Crippen molar-refractivity contribution in [3.63, 3.8) is 0 Å². The molecule has 16 heavy (non-hydrogen) atoms. The first-order valence-corrected chi connectivity index (χ1v) is 5.09. The number of hydrogen-bond donors (Lipinski definition) is 3. The molecule has 1 aliphatic heterocycles. The Morgan fingerprint density at radius 1 is 1.31 bits per heavy atom. The minimum absolute atomic E-state index is 0.00781. The topological polar surface area (TPSA) is 61.4 Å². The Morgan fingerprint density at radius 2 is 1.94 bits per heavy atom. The van der Waals surface area contributed by atoms with Crippen LogP contribution < -0.4 is 10.9 Å². The molecule has 3 unspecified atom stereocenters. The fraction of sp³-hybridized carbons (Fsp3) is 0.364. The fourth-order valence-electron chi connectivity index (χ4n) is 2.07. The van der Waals surface area contributed by atoms with E-state index in [2.05, 4.69) is 10.9 Å². The number of hydrogen-bond acceptors (Lipinski definition) is 3. The number of hydrazine groups is 1. The number of carbonyl (C=O) groups is 1. The summed E-state index contributed by atoms with van der Waals surface area (Å²) in [5.41, 5.74) is 6.43. The minimum atomic E-state index is -0.911. The molecule has 1 aliphatic rings. The van der Waals surface area contributed by atoms with Gasteiger partial charge in [-0.2, -0.15) is 0 Å². The molecule has 0 saturated carbocycles. The third-order valence-corrected chi connectivity index (χ3v) is 2.89. The molecule has 0 amide bonds. The summed E-state index contributed by atoms with van der Waals surface area (Å²) in [5, 5.41) is 9.04. The van der Waals surface area contributed by atoms with Gasteiger partial charge in [0.15, 0.2) is 0 Å². The molecular formula is C11H13FN2O2. The van der Waals surface area contributed by atoms with Crippen LogP contribution in [0.4, 0.5) is 4.39 Å². The molecule has 0 spiro atoms. The van der Waals surface area contributed by atoms with E-state index in [1.165, 1.54) is 12.1 Å². The number of carboxylic acids is 1. The lowest BCUT2D eigenvalue weighted by Crippen LogP contribution is -2.38. The summed E-state index contributed by atoms with van der Waals surface area (Å²) in [6, 6.07) is 5.26. The number of halogens is 1. The van der Waals surface area contributed by atoms with E-state index >= 15 is 0 Å². The zero-order valence-electron chi connectivity index (χ0n) is 8.77. The smallest absolute Gasteiger partial charge is 0.322 e. The van der Waals surface area contributed by atoms with Gasteiger partial charge in [0, 0.05) is 12.0 Å². The first-order chi connectivity index (χ1) is 7.59. The highest BCUT2D eigenvalue weighted by Crippen LogP contribution is 2.27. The largest absolute Gasteiger partial charge is 0.480 e. The van der Waals surface area contributed by atoms with Gasteiger partial charge in [0.05, 0.1) is 0 Å². The van der Waals surface area contributed by atoms with Crippen LogP contribution >= 0.6 is 0 Å². The van der Waals surface area contributed by atoms with E-state index in [1.54, 1.807) is 12.1 Å². The van der Waals surface area contributed by atoms with Crippen LogP contribution in [0.2, 0.25) is 0 Å². The Balaban J connectivity index is 2.29. The lowest BCUT2D eigenvalue weighted by atomic mass is 9.88. The molecule has 0 aliphatic carbocycles. The van der Waals surface area contributed by atoms with Gasteiger partial charge in [-0.05, 0) is 24.6 Å². The van der Waals surface area contributed by atoms with Crippen molar-refractivity contribution in [1.82, 2.24) is 10.9 Å². The predicted octanol–water partition coefficient (Wildman–Crippen LogP) is 0.859. The van der Waals surface area contributed by atoms with Gasteiger partial charge >= 0.3 is 5.97 Å². The zero-order chi connectivity index (χ0) is 11.7. The van der Waals surface area contributed by atoms with Gasteiger partial charge in [-0.15, -0.1) is 0 Å². The molecule has 1 saturated heterocycles. The summed E-state index contributed by atoms with van der Waals surface area (Å²) >= 11 is 0. The Hall–Kier alpha value is -1.46. The summed E-state index contributed by atoms with van der Waals surface area (Å²) in [6.45, 7) is 1.89. The van der Waals surface area contributed by atoms with Crippen molar-refractivity contribution >= 4 is 5.97 Å². The molecule has 0 radical (unpaired) electrons. The minimum Gasteiger partial charge on any atom is -0.480 e. The van der Waals surface area contributed by atoms with Gasteiger partial charge in [0.1, 0.15) is 11.9 Å². The number of rotatable bonds is 2. The standard InChI is InChI=1S/C11H13FN2O2/c1-6-9(10(11(15)16)14-13-6)7-2-4-8(12)5-3-7/h2-6,9-10,13-14H,1H3,(H,15,16). The maximum atomic E-state index is 12.8. The Bertz CT molecular complexity index is 393. The van der Waals surface area contributed by atoms with E-state index in [0.717, 1.165) is 5.56 Å². The second-order valence-corrected chi connectivity index (χ2v) is 3.97. The molecule has 3 atom stereocenters. The van der Waals surface area contributed by atoms with Gasteiger partial charge in [-0.3, -0.25) is 10.2 Å². The molecule has 1 aromatic rings. The van der Waals surface area contributed by atoms with Crippen LogP contribution in [0.15, 0.2) is 24.3 Å². The molecule has 5 heteroatoms. The molecule has 1 aromatic carbocycles. The second kappa shape index (κ2) is 4.19. The highest BCUT2D eigenvalue weighted by Gasteiger charge is 2.38. The Labute approximate surface area is 92.4 Å². The van der Waals surface area contributed by atoms with Gasteiger partial charge in [-0.1, -0.05) is 12.1 Å². The average Bonchev–Trinajstić information content (AvgIpc) is 2.62. The molecule has 2 rings (SSSR count). The maximum Gasteiger partial charge on any atom is 0.322 e. The molecule has 3 N–H and O–H groups in total. The van der Waals surface area contributed by atoms with E-state index in [0.29, 0.717) is 0 Å². The Morgan fingerprint density at radius 3 is 2.50 bits per heavy atom.